The average Bonchev–Trinajstić information content (AvgIpc) is 3.37. The molecule has 1 atom stereocenters. The van der Waals surface area contributed by atoms with Crippen LogP contribution < -0.4 is 16.0 Å². The molecule has 1 aliphatic heterocycles. The minimum absolute atomic E-state index is 0.0512. The monoisotopic (exact) mass is 418 g/mol. The Morgan fingerprint density at radius 2 is 2.13 bits per heavy atom. The summed E-state index contributed by atoms with van der Waals surface area (Å²) in [6.45, 7) is 4.02. The van der Waals surface area contributed by atoms with Crippen LogP contribution in [0.2, 0.25) is 0 Å². The Morgan fingerprint density at radius 1 is 1.29 bits per heavy atom. The smallest absolute Gasteiger partial charge is 0.254 e. The van der Waals surface area contributed by atoms with Crippen LogP contribution in [0.15, 0.2) is 30.1 Å². The third-order valence-electron chi connectivity index (χ3n) is 5.26. The van der Waals surface area contributed by atoms with Crippen LogP contribution in [0.25, 0.3) is 11.7 Å². The quantitative estimate of drug-likeness (QED) is 0.410. The molecule has 0 spiro atoms. The summed E-state index contributed by atoms with van der Waals surface area (Å²) in [5.74, 6) is 0.321. The molecule has 0 bridgehead atoms. The number of fused-ring (bicyclic) bond motifs is 1. The fourth-order valence-corrected chi connectivity index (χ4v) is 3.44. The summed E-state index contributed by atoms with van der Waals surface area (Å²) >= 11 is 0. The van der Waals surface area contributed by atoms with Gasteiger partial charge in [0.25, 0.3) is 5.91 Å². The highest BCUT2D eigenvalue weighted by Crippen LogP contribution is 2.27. The molecule has 10 nitrogen and oxygen atoms in total. The third-order valence-corrected chi connectivity index (χ3v) is 5.26. The average molecular weight is 418 g/mol. The number of amides is 2. The number of pyridine rings is 1. The van der Waals surface area contributed by atoms with Gasteiger partial charge in [-0.15, -0.1) is 0 Å². The number of nitrogens with zero attached hydrogens (tertiary/aromatic N) is 5. The predicted molar refractivity (Wildman–Crippen MR) is 114 cm³/mol. The zero-order valence-corrected chi connectivity index (χ0v) is 17.2. The number of anilines is 2. The Morgan fingerprint density at radius 3 is 2.84 bits per heavy atom. The van der Waals surface area contributed by atoms with Crippen LogP contribution >= 0.6 is 0 Å². The van der Waals surface area contributed by atoms with Crippen molar-refractivity contribution in [2.24, 2.45) is 0 Å². The third kappa shape index (κ3) is 3.96. The van der Waals surface area contributed by atoms with E-state index in [-0.39, 0.29) is 24.3 Å². The van der Waals surface area contributed by atoms with Crippen molar-refractivity contribution in [2.75, 3.05) is 10.6 Å². The molecular weight excluding hydrogens is 396 g/mol. The second kappa shape index (κ2) is 7.46. The van der Waals surface area contributed by atoms with Crippen LogP contribution in [0.3, 0.4) is 0 Å². The van der Waals surface area contributed by atoms with Crippen LogP contribution in [-0.4, -0.2) is 42.4 Å². The highest BCUT2D eigenvalue weighted by atomic mass is 16.2. The van der Waals surface area contributed by atoms with Crippen molar-refractivity contribution in [2.45, 2.75) is 45.2 Å². The van der Waals surface area contributed by atoms with Crippen LogP contribution in [0.1, 0.15) is 49.0 Å². The summed E-state index contributed by atoms with van der Waals surface area (Å²) in [7, 11) is 0. The van der Waals surface area contributed by atoms with Gasteiger partial charge in [-0.1, -0.05) is 0 Å². The minimum Gasteiger partial charge on any atom is -0.351 e. The summed E-state index contributed by atoms with van der Waals surface area (Å²) in [6, 6.07) is 4.22. The standard InChI is InChI=1S/C21H22N8O2/c1-11-5-6-22-16(7-11)12(2)24-20-27-18-14(8-13-9-17(30)26-19(13)31)10-23-29(18)21(28-20)25-15-3-4-15/h5-8,10,12,15H,3-4,9H2,1-2H3,(H,26,30,31)(H2,24,25,27,28)/b13-8+. The van der Waals surface area contributed by atoms with E-state index in [1.165, 1.54) is 0 Å². The maximum atomic E-state index is 12.0. The highest BCUT2D eigenvalue weighted by Gasteiger charge is 2.26. The lowest BCUT2D eigenvalue weighted by Gasteiger charge is -2.15. The van der Waals surface area contributed by atoms with Crippen LogP contribution in [0, 0.1) is 6.92 Å². The molecule has 3 aromatic rings. The molecule has 4 heterocycles. The van der Waals surface area contributed by atoms with E-state index in [0.717, 1.165) is 24.1 Å². The lowest BCUT2D eigenvalue weighted by molar-refractivity contribution is -0.124. The second-order valence-corrected chi connectivity index (χ2v) is 7.97. The van der Waals surface area contributed by atoms with Crippen molar-refractivity contribution in [1.29, 1.82) is 0 Å². The number of nitrogens with one attached hydrogen (secondary N) is 3. The van der Waals surface area contributed by atoms with Gasteiger partial charge >= 0.3 is 0 Å². The number of rotatable bonds is 6. The first-order valence-electron chi connectivity index (χ1n) is 10.2. The van der Waals surface area contributed by atoms with Gasteiger partial charge in [0.15, 0.2) is 5.65 Å². The molecule has 2 aliphatic rings. The Hall–Kier alpha value is -3.82. The number of aryl methyl sites for hydroxylation is 1. The van der Waals surface area contributed by atoms with Crippen molar-refractivity contribution >= 4 is 35.4 Å². The van der Waals surface area contributed by atoms with Crippen molar-refractivity contribution < 1.29 is 9.59 Å². The molecule has 0 radical (unpaired) electrons. The van der Waals surface area contributed by atoms with E-state index >= 15 is 0 Å². The molecule has 3 N–H and O–H groups in total. The Kier molecular flexibility index (Phi) is 4.61. The predicted octanol–water partition coefficient (Wildman–Crippen LogP) is 2.01. The van der Waals surface area contributed by atoms with Crippen molar-refractivity contribution in [1.82, 2.24) is 29.9 Å². The molecule has 1 unspecified atom stereocenters. The normalized spacial score (nSPS) is 18.5. The number of hydrogen-bond donors (Lipinski definition) is 3. The fourth-order valence-electron chi connectivity index (χ4n) is 3.44. The Balaban J connectivity index is 1.53. The topological polar surface area (TPSA) is 126 Å². The largest absolute Gasteiger partial charge is 0.351 e. The Labute approximate surface area is 178 Å². The van der Waals surface area contributed by atoms with E-state index in [1.54, 1.807) is 23.0 Å². The molecule has 2 amide bonds. The first kappa shape index (κ1) is 19.2. The summed E-state index contributed by atoms with van der Waals surface area (Å²) in [5.41, 5.74) is 3.59. The molecule has 1 saturated carbocycles. The van der Waals surface area contributed by atoms with Crippen LogP contribution in [0.5, 0.6) is 0 Å². The van der Waals surface area contributed by atoms with Gasteiger partial charge in [-0.25, -0.2) is 0 Å². The maximum Gasteiger partial charge on any atom is 0.254 e. The molecule has 0 aromatic carbocycles. The second-order valence-electron chi connectivity index (χ2n) is 7.97. The summed E-state index contributed by atoms with van der Waals surface area (Å²) < 4.78 is 1.63. The summed E-state index contributed by atoms with van der Waals surface area (Å²) in [5, 5.41) is 13.4. The molecule has 1 aliphatic carbocycles. The van der Waals surface area contributed by atoms with Gasteiger partial charge in [-0.05, 0) is 50.5 Å². The van der Waals surface area contributed by atoms with Gasteiger partial charge in [-0.2, -0.15) is 19.6 Å². The van der Waals surface area contributed by atoms with E-state index in [9.17, 15) is 9.59 Å². The van der Waals surface area contributed by atoms with Gasteiger partial charge in [0.1, 0.15) is 0 Å². The number of imide groups is 1. The molecule has 5 rings (SSSR count). The number of hydrogen-bond acceptors (Lipinski definition) is 8. The van der Waals surface area contributed by atoms with Crippen molar-refractivity contribution in [3.8, 4) is 0 Å². The van der Waals surface area contributed by atoms with Gasteiger partial charge in [0.2, 0.25) is 17.8 Å². The SMILES string of the molecule is Cc1ccnc(C(C)Nc2nc(NC3CC3)n3ncc(/C=C4\CC(=O)NC4=O)c3n2)c1. The molecule has 10 heteroatoms. The molecule has 31 heavy (non-hydrogen) atoms. The first-order valence-corrected chi connectivity index (χ1v) is 10.2. The number of carbonyl (C=O) groups is 2. The van der Waals surface area contributed by atoms with Gasteiger partial charge < -0.3 is 10.6 Å². The molecule has 158 valence electrons. The van der Waals surface area contributed by atoms with Crippen molar-refractivity contribution in [3.63, 3.8) is 0 Å². The molecule has 1 saturated heterocycles. The van der Waals surface area contributed by atoms with Crippen LogP contribution in [0.4, 0.5) is 11.9 Å². The van der Waals surface area contributed by atoms with E-state index in [0.29, 0.717) is 34.7 Å². The zero-order chi connectivity index (χ0) is 21.5. The Bertz CT molecular complexity index is 1230. The van der Waals surface area contributed by atoms with E-state index in [1.807, 2.05) is 26.0 Å². The highest BCUT2D eigenvalue weighted by molar-refractivity contribution is 6.15. The number of aromatic nitrogens is 5. The molecule has 3 aromatic heterocycles. The van der Waals surface area contributed by atoms with E-state index < -0.39 is 0 Å². The lowest BCUT2D eigenvalue weighted by atomic mass is 10.1. The fraction of sp³-hybridized carbons (Fsp3) is 0.333. The number of carbonyl (C=O) groups excluding carboxylic acids is 2. The van der Waals surface area contributed by atoms with E-state index in [2.05, 4.69) is 36.0 Å². The first-order chi connectivity index (χ1) is 15.0. The summed E-state index contributed by atoms with van der Waals surface area (Å²) in [6.07, 6.45) is 7.28. The minimum atomic E-state index is -0.382. The van der Waals surface area contributed by atoms with Crippen molar-refractivity contribution in [3.05, 3.63) is 46.9 Å². The lowest BCUT2D eigenvalue weighted by Crippen LogP contribution is -2.19. The molecular formula is C21H22N8O2. The van der Waals surface area contributed by atoms with Gasteiger partial charge in [0.05, 0.1) is 24.4 Å². The maximum absolute atomic E-state index is 12.0. The zero-order valence-electron chi connectivity index (χ0n) is 17.2. The van der Waals surface area contributed by atoms with Gasteiger partial charge in [-0.3, -0.25) is 19.9 Å². The van der Waals surface area contributed by atoms with Crippen LogP contribution in [-0.2, 0) is 9.59 Å². The summed E-state index contributed by atoms with van der Waals surface area (Å²) in [4.78, 5) is 37.2. The van der Waals surface area contributed by atoms with E-state index in [4.69, 9.17) is 0 Å². The van der Waals surface area contributed by atoms with Gasteiger partial charge in [0, 0.05) is 23.4 Å². The molecule has 2 fully saturated rings.